The number of hydrogen-bond donors (Lipinski definition) is 1. The fourth-order valence-corrected chi connectivity index (χ4v) is 3.50. The lowest BCUT2D eigenvalue weighted by Gasteiger charge is -2.17. The third kappa shape index (κ3) is 3.31. The van der Waals surface area contributed by atoms with E-state index in [1.54, 1.807) is 0 Å². The van der Waals surface area contributed by atoms with Crippen LogP contribution in [0.1, 0.15) is 12.0 Å². The zero-order chi connectivity index (χ0) is 14.3. The quantitative estimate of drug-likeness (QED) is 0.845. The van der Waals surface area contributed by atoms with Crippen molar-refractivity contribution in [3.63, 3.8) is 0 Å². The first-order valence-electron chi connectivity index (χ1n) is 5.51. The molecule has 0 bridgehead atoms. The van der Waals surface area contributed by atoms with Crippen molar-refractivity contribution in [3.8, 4) is 5.75 Å². The third-order valence-electron chi connectivity index (χ3n) is 2.79. The van der Waals surface area contributed by atoms with Gasteiger partial charge in [0.15, 0.2) is 9.84 Å². The van der Waals surface area contributed by atoms with Crippen molar-refractivity contribution in [3.05, 3.63) is 23.8 Å². The average Bonchev–Trinajstić information content (AvgIpc) is 2.59. The van der Waals surface area contributed by atoms with E-state index in [0.717, 1.165) is 12.1 Å². The monoisotopic (exact) mass is 295 g/mol. The predicted molar refractivity (Wildman–Crippen MR) is 63.5 cm³/mol. The summed E-state index contributed by atoms with van der Waals surface area (Å²) in [6.07, 6.45) is -5.14. The van der Waals surface area contributed by atoms with Crippen molar-refractivity contribution in [1.29, 1.82) is 0 Å². The molecule has 1 atom stereocenters. The summed E-state index contributed by atoms with van der Waals surface area (Å²) in [4.78, 5) is 0. The first-order chi connectivity index (χ1) is 8.67. The number of anilines is 1. The molecule has 1 aromatic carbocycles. The Kier molecular flexibility index (Phi) is 3.38. The lowest BCUT2D eigenvalue weighted by atomic mass is 10.1. The molecule has 0 spiro atoms. The molecule has 1 unspecified atom stereocenters. The SMILES string of the molecule is Nc1ccc(OC2CCS(=O)(=O)C2)c(C(F)(F)F)c1. The second-order valence-electron chi connectivity index (χ2n) is 4.40. The molecule has 0 aromatic heterocycles. The molecule has 0 aliphatic carbocycles. The van der Waals surface area contributed by atoms with E-state index in [4.69, 9.17) is 10.5 Å². The highest BCUT2D eigenvalue weighted by molar-refractivity contribution is 7.91. The average molecular weight is 295 g/mol. The molecule has 1 aliphatic rings. The van der Waals surface area contributed by atoms with E-state index < -0.39 is 27.7 Å². The van der Waals surface area contributed by atoms with Gasteiger partial charge in [-0.3, -0.25) is 0 Å². The molecule has 1 heterocycles. The number of halogens is 3. The number of alkyl halides is 3. The van der Waals surface area contributed by atoms with Crippen LogP contribution in [0.25, 0.3) is 0 Å². The van der Waals surface area contributed by atoms with Gasteiger partial charge in [0.05, 0.1) is 17.1 Å². The van der Waals surface area contributed by atoms with Gasteiger partial charge in [-0.15, -0.1) is 0 Å². The van der Waals surface area contributed by atoms with Crippen molar-refractivity contribution in [2.45, 2.75) is 18.7 Å². The van der Waals surface area contributed by atoms with Crippen LogP contribution in [0.5, 0.6) is 5.75 Å². The van der Waals surface area contributed by atoms with Gasteiger partial charge in [0.25, 0.3) is 0 Å². The van der Waals surface area contributed by atoms with Crippen LogP contribution in [0.15, 0.2) is 18.2 Å². The molecule has 1 aliphatic heterocycles. The summed E-state index contributed by atoms with van der Waals surface area (Å²) in [6.45, 7) is 0. The zero-order valence-electron chi connectivity index (χ0n) is 9.77. The Bertz CT molecular complexity index is 583. The number of benzene rings is 1. The van der Waals surface area contributed by atoms with Crippen LogP contribution in [0.4, 0.5) is 18.9 Å². The molecule has 106 valence electrons. The maximum Gasteiger partial charge on any atom is 0.420 e. The molecular formula is C11H12F3NO3S. The summed E-state index contributed by atoms with van der Waals surface area (Å²) in [6, 6.07) is 3.18. The first kappa shape index (κ1) is 14.0. The highest BCUT2D eigenvalue weighted by atomic mass is 32.2. The summed E-state index contributed by atoms with van der Waals surface area (Å²) in [5.41, 5.74) is 4.31. The number of hydrogen-bond acceptors (Lipinski definition) is 4. The van der Waals surface area contributed by atoms with E-state index in [1.807, 2.05) is 0 Å². The lowest BCUT2D eigenvalue weighted by molar-refractivity contribution is -0.139. The first-order valence-corrected chi connectivity index (χ1v) is 7.33. The fourth-order valence-electron chi connectivity index (χ4n) is 1.91. The highest BCUT2D eigenvalue weighted by Crippen LogP contribution is 2.38. The summed E-state index contributed by atoms with van der Waals surface area (Å²) in [5, 5.41) is 0. The van der Waals surface area contributed by atoms with Crippen LogP contribution in [0.3, 0.4) is 0 Å². The zero-order valence-corrected chi connectivity index (χ0v) is 10.6. The van der Waals surface area contributed by atoms with Gasteiger partial charge in [0, 0.05) is 5.69 Å². The van der Waals surface area contributed by atoms with Gasteiger partial charge in [-0.1, -0.05) is 0 Å². The minimum Gasteiger partial charge on any atom is -0.489 e. The maximum atomic E-state index is 12.8. The van der Waals surface area contributed by atoms with Crippen LogP contribution in [-0.2, 0) is 16.0 Å². The molecule has 0 amide bonds. The van der Waals surface area contributed by atoms with E-state index >= 15 is 0 Å². The fraction of sp³-hybridized carbons (Fsp3) is 0.455. The van der Waals surface area contributed by atoms with Crippen LogP contribution in [-0.4, -0.2) is 26.0 Å². The Hall–Kier alpha value is -1.44. The van der Waals surface area contributed by atoms with Crippen molar-refractivity contribution >= 4 is 15.5 Å². The van der Waals surface area contributed by atoms with E-state index in [1.165, 1.54) is 6.07 Å². The van der Waals surface area contributed by atoms with Crippen LogP contribution in [0, 0.1) is 0 Å². The van der Waals surface area contributed by atoms with Crippen LogP contribution < -0.4 is 10.5 Å². The third-order valence-corrected chi connectivity index (χ3v) is 4.53. The number of nitrogen functional groups attached to an aromatic ring is 1. The molecule has 0 radical (unpaired) electrons. The molecule has 1 aromatic rings. The van der Waals surface area contributed by atoms with Crippen LogP contribution >= 0.6 is 0 Å². The van der Waals surface area contributed by atoms with Crippen LogP contribution in [0.2, 0.25) is 0 Å². The molecule has 2 N–H and O–H groups in total. The Labute approximate surface area is 108 Å². The van der Waals surface area contributed by atoms with Gasteiger partial charge in [-0.25, -0.2) is 8.42 Å². The van der Waals surface area contributed by atoms with E-state index in [9.17, 15) is 21.6 Å². The maximum absolute atomic E-state index is 12.8. The minimum absolute atomic E-state index is 0.0290. The van der Waals surface area contributed by atoms with E-state index in [2.05, 4.69) is 0 Å². The smallest absolute Gasteiger partial charge is 0.420 e. The number of nitrogens with two attached hydrogens (primary N) is 1. The molecule has 0 saturated carbocycles. The summed E-state index contributed by atoms with van der Waals surface area (Å²) in [7, 11) is -3.20. The second-order valence-corrected chi connectivity index (χ2v) is 6.62. The topological polar surface area (TPSA) is 69.4 Å². The van der Waals surface area contributed by atoms with E-state index in [-0.39, 0.29) is 29.4 Å². The molecule has 2 rings (SSSR count). The second kappa shape index (κ2) is 4.59. The van der Waals surface area contributed by atoms with Gasteiger partial charge in [-0.2, -0.15) is 13.2 Å². The highest BCUT2D eigenvalue weighted by Gasteiger charge is 2.36. The molecule has 19 heavy (non-hydrogen) atoms. The van der Waals surface area contributed by atoms with Gasteiger partial charge < -0.3 is 10.5 Å². The Balaban J connectivity index is 2.26. The van der Waals surface area contributed by atoms with Crippen molar-refractivity contribution in [2.75, 3.05) is 17.2 Å². The Morgan fingerprint density at radius 2 is 2.00 bits per heavy atom. The molecule has 1 fully saturated rings. The molecule has 1 saturated heterocycles. The Morgan fingerprint density at radius 1 is 1.32 bits per heavy atom. The standard InChI is InChI=1S/C11H12F3NO3S/c12-11(13,14)9-5-7(15)1-2-10(9)18-8-3-4-19(16,17)6-8/h1-2,5,8H,3-4,6,15H2. The van der Waals surface area contributed by atoms with Crippen molar-refractivity contribution in [1.82, 2.24) is 0 Å². The predicted octanol–water partition coefficient (Wildman–Crippen LogP) is 1.85. The molecular weight excluding hydrogens is 283 g/mol. The van der Waals surface area contributed by atoms with Gasteiger partial charge >= 0.3 is 6.18 Å². The van der Waals surface area contributed by atoms with Crippen molar-refractivity contribution < 1.29 is 26.3 Å². The van der Waals surface area contributed by atoms with E-state index in [0.29, 0.717) is 0 Å². The Morgan fingerprint density at radius 3 is 2.53 bits per heavy atom. The van der Waals surface area contributed by atoms with Gasteiger partial charge in [0.1, 0.15) is 11.9 Å². The minimum atomic E-state index is -4.60. The molecule has 4 nitrogen and oxygen atoms in total. The summed E-state index contributed by atoms with van der Waals surface area (Å²) in [5.74, 6) is -0.702. The van der Waals surface area contributed by atoms with Gasteiger partial charge in [0.2, 0.25) is 0 Å². The molecule has 8 heteroatoms. The summed E-state index contributed by atoms with van der Waals surface area (Å²) >= 11 is 0. The number of rotatable bonds is 2. The largest absolute Gasteiger partial charge is 0.489 e. The number of ether oxygens (including phenoxy) is 1. The normalized spacial score (nSPS) is 22.4. The summed E-state index contributed by atoms with van der Waals surface area (Å²) < 4.78 is 66.1. The lowest BCUT2D eigenvalue weighted by Crippen LogP contribution is -2.20. The van der Waals surface area contributed by atoms with Crippen molar-refractivity contribution in [2.24, 2.45) is 0 Å². The number of sulfone groups is 1. The van der Waals surface area contributed by atoms with Gasteiger partial charge in [-0.05, 0) is 24.6 Å².